The number of para-hydroxylation sites is 1. The minimum absolute atomic E-state index is 0.128. The molecule has 67 heavy (non-hydrogen) atoms. The van der Waals surface area contributed by atoms with Crippen LogP contribution >= 0.6 is 0 Å². The van der Waals surface area contributed by atoms with E-state index in [0.29, 0.717) is 39.0 Å². The number of carbonyl (C=O) groups is 1. The Bertz CT molecular complexity index is 1770. The zero-order chi connectivity index (χ0) is 50.0. The molecule has 0 aliphatic carbocycles. The molecule has 0 amide bonds. The number of ether oxygens (including phenoxy) is 8. The number of likely N-dealkylation sites (N-methyl/N-ethyl adjacent to an activating group) is 3. The quantitative estimate of drug-likeness (QED) is 0.172. The van der Waals surface area contributed by atoms with Crippen LogP contribution in [0.25, 0.3) is 0 Å². The molecule has 5 aliphatic rings. The molecule has 0 radical (unpaired) electrons. The molecule has 1 aromatic carbocycles. The molecule has 6 rings (SSSR count). The highest BCUT2D eigenvalue weighted by Gasteiger charge is 2.59. The molecule has 1 unspecified atom stereocenters. The number of aliphatic hydroxyl groups excluding tert-OH is 1. The van der Waals surface area contributed by atoms with E-state index in [-0.39, 0.29) is 48.7 Å². The summed E-state index contributed by atoms with van der Waals surface area (Å²) in [5, 5.41) is 28.2. The predicted molar refractivity (Wildman–Crippen MR) is 256 cm³/mol. The Morgan fingerprint density at radius 2 is 1.58 bits per heavy atom. The van der Waals surface area contributed by atoms with Crippen LogP contribution in [0.1, 0.15) is 94.1 Å². The summed E-state index contributed by atoms with van der Waals surface area (Å²) in [4.78, 5) is 35.4. The van der Waals surface area contributed by atoms with Gasteiger partial charge in [-0.25, -0.2) is 0 Å². The molecule has 0 spiro atoms. The first-order valence-corrected chi connectivity index (χ1v) is 24.4. The van der Waals surface area contributed by atoms with Crippen molar-refractivity contribution < 1.29 is 52.9 Å². The van der Waals surface area contributed by atoms with Gasteiger partial charge in [0.05, 0.1) is 43.0 Å². The summed E-state index contributed by atoms with van der Waals surface area (Å²) in [6.45, 7) is 22.2. The van der Waals surface area contributed by atoms with Crippen molar-refractivity contribution in [3.63, 3.8) is 0 Å². The number of nitrogens with zero attached hydrogens (tertiary/aromatic N) is 5. The Labute approximate surface area is 401 Å². The molecule has 17 nitrogen and oxygen atoms in total. The normalized spacial score (nSPS) is 41.4. The van der Waals surface area contributed by atoms with Gasteiger partial charge >= 0.3 is 5.97 Å². The average molecular weight is 950 g/mol. The summed E-state index contributed by atoms with van der Waals surface area (Å²) in [6.07, 6.45) is -5.10. The first-order chi connectivity index (χ1) is 31.3. The van der Waals surface area contributed by atoms with Crippen LogP contribution in [-0.2, 0) is 43.5 Å². The summed E-state index contributed by atoms with van der Waals surface area (Å²) in [7, 11) is 12.8. The molecule has 2 N–H and O–H groups in total. The highest BCUT2D eigenvalue weighted by Crippen LogP contribution is 2.45. The van der Waals surface area contributed by atoms with Crippen LogP contribution in [-0.4, -0.2) is 202 Å². The molecule has 5 fully saturated rings. The lowest BCUT2D eigenvalue weighted by atomic mass is 9.74. The summed E-state index contributed by atoms with van der Waals surface area (Å²) < 4.78 is 51.7. The maximum atomic E-state index is 14.3. The maximum Gasteiger partial charge on any atom is 0.311 e. The van der Waals surface area contributed by atoms with Crippen molar-refractivity contribution in [2.24, 2.45) is 22.9 Å². The van der Waals surface area contributed by atoms with Gasteiger partial charge in [0.2, 0.25) is 0 Å². The number of fused-ring (bicyclic) bond motifs is 10. The molecule has 16 atom stereocenters. The van der Waals surface area contributed by atoms with E-state index in [1.165, 1.54) is 0 Å². The average Bonchev–Trinajstić information content (AvgIpc) is 3.26. The minimum atomic E-state index is -1.48. The summed E-state index contributed by atoms with van der Waals surface area (Å²) in [6, 6.07) is 6.98. The SMILES string of the molecule is COc1ccccc1C(C)(C)N(C)CCN(C)C[C@@]1(O)[C@H](C)O[C@@H](O[C@H]2[C@H](C)[C@@H](O[C@@H]3O[C@H](C)C[C@H](N(C)C)[C@H]3O)[C@@](C)(OC)C[C@@H](C)C(N=O)[C@H](C)N3CC(C3)OC(=O)[C@@H]2C)C[C@@]1(C)OC. The Hall–Kier alpha value is -2.39. The largest absolute Gasteiger partial charge is 0.496 e. The van der Waals surface area contributed by atoms with E-state index in [4.69, 9.17) is 37.9 Å². The predicted octanol–water partition coefficient (Wildman–Crippen LogP) is 4.73. The number of hydrogen-bond donors (Lipinski definition) is 2. The van der Waals surface area contributed by atoms with E-state index in [1.807, 2.05) is 92.7 Å². The first-order valence-electron chi connectivity index (χ1n) is 24.4. The third kappa shape index (κ3) is 11.7. The Balaban J connectivity index is 1.45. The molecule has 0 saturated carbocycles. The van der Waals surface area contributed by atoms with E-state index < -0.39 is 77.6 Å². The number of benzene rings is 1. The molecule has 1 aromatic rings. The fourth-order valence-electron chi connectivity index (χ4n) is 11.3. The fourth-order valence-corrected chi connectivity index (χ4v) is 11.3. The number of esters is 1. The van der Waals surface area contributed by atoms with Crippen molar-refractivity contribution in [3.8, 4) is 5.75 Å². The third-order valence-corrected chi connectivity index (χ3v) is 16.5. The van der Waals surface area contributed by atoms with E-state index in [0.717, 1.165) is 11.3 Å². The Kier molecular flexibility index (Phi) is 18.5. The van der Waals surface area contributed by atoms with Gasteiger partial charge in [-0.3, -0.25) is 14.6 Å². The van der Waals surface area contributed by atoms with Crippen molar-refractivity contribution in [2.45, 2.75) is 178 Å². The zero-order valence-corrected chi connectivity index (χ0v) is 43.8. The van der Waals surface area contributed by atoms with E-state index in [2.05, 4.69) is 46.8 Å². The van der Waals surface area contributed by atoms with Gasteiger partial charge in [0, 0.05) is 82.5 Å². The molecule has 5 heterocycles. The van der Waals surface area contributed by atoms with E-state index in [9.17, 15) is 19.9 Å². The van der Waals surface area contributed by atoms with Gasteiger partial charge in [-0.05, 0) is 108 Å². The summed E-state index contributed by atoms with van der Waals surface area (Å²) in [5.74, 6) is -1.35. The van der Waals surface area contributed by atoms with Gasteiger partial charge in [-0.1, -0.05) is 37.2 Å². The van der Waals surface area contributed by atoms with Crippen LogP contribution < -0.4 is 4.74 Å². The van der Waals surface area contributed by atoms with Gasteiger partial charge in [0.25, 0.3) is 0 Å². The molecule has 5 aliphatic heterocycles. The third-order valence-electron chi connectivity index (χ3n) is 16.5. The Morgan fingerprint density at radius 1 is 0.925 bits per heavy atom. The van der Waals surface area contributed by atoms with Gasteiger partial charge in [0.15, 0.2) is 12.6 Å². The van der Waals surface area contributed by atoms with Gasteiger partial charge in [0.1, 0.15) is 35.2 Å². The van der Waals surface area contributed by atoms with E-state index >= 15 is 0 Å². The topological polar surface area (TPSA) is 174 Å². The van der Waals surface area contributed by atoms with Gasteiger partial charge in [-0.2, -0.15) is 4.91 Å². The summed E-state index contributed by atoms with van der Waals surface area (Å²) >= 11 is 0. The van der Waals surface area contributed by atoms with Crippen LogP contribution in [0.3, 0.4) is 0 Å². The molecule has 2 bridgehead atoms. The number of aliphatic hydroxyl groups is 2. The number of rotatable bonds is 16. The van der Waals surface area contributed by atoms with Crippen molar-refractivity contribution in [2.75, 3.05) is 82.2 Å². The van der Waals surface area contributed by atoms with Crippen LogP contribution in [0.4, 0.5) is 0 Å². The van der Waals surface area contributed by atoms with Crippen molar-refractivity contribution in [1.29, 1.82) is 0 Å². The number of nitroso groups, excluding NO2 is 1. The maximum absolute atomic E-state index is 14.3. The highest BCUT2D eigenvalue weighted by molar-refractivity contribution is 5.73. The summed E-state index contributed by atoms with van der Waals surface area (Å²) in [5.41, 5.74) is -3.01. The van der Waals surface area contributed by atoms with Crippen LogP contribution in [0, 0.1) is 22.7 Å². The molecule has 17 heteroatoms. The minimum Gasteiger partial charge on any atom is -0.496 e. The monoisotopic (exact) mass is 950 g/mol. The van der Waals surface area contributed by atoms with Crippen molar-refractivity contribution in [3.05, 3.63) is 34.7 Å². The van der Waals surface area contributed by atoms with Crippen LogP contribution in [0.15, 0.2) is 29.4 Å². The first kappa shape index (κ1) is 55.5. The molecule has 5 saturated heterocycles. The van der Waals surface area contributed by atoms with E-state index in [1.54, 1.807) is 28.3 Å². The smallest absolute Gasteiger partial charge is 0.311 e. The van der Waals surface area contributed by atoms with Crippen LogP contribution in [0.2, 0.25) is 0 Å². The lowest BCUT2D eigenvalue weighted by Gasteiger charge is -2.55. The second-order valence-electron chi connectivity index (χ2n) is 21.6. The van der Waals surface area contributed by atoms with Crippen LogP contribution in [0.5, 0.6) is 5.75 Å². The highest BCUT2D eigenvalue weighted by atomic mass is 16.7. The van der Waals surface area contributed by atoms with Gasteiger partial charge in [-0.15, -0.1) is 0 Å². The molecule has 384 valence electrons. The second-order valence-corrected chi connectivity index (χ2v) is 21.6. The standard InChI is InChI=1S/C50H87N5O12/c1-30-25-48(9,61-16)44(67-46-42(56)38(52(11)12)24-31(2)63-46)32(3)43(33(4)45(57)65-36-27-55(28-36)34(5)41(30)51-59)66-40-26-49(10,62-17)50(58,35(6)64-40)29-53(13)22-23-54(14)47(7,8)37-20-18-19-21-39(37)60-15/h18-21,30-36,38,40-44,46,56,58H,22-29H2,1-17H3/t30-,31-,32+,33-,34+,35+,38+,40+,41?,42-,43+,44-,46+,48+,49-,50-/m1/s1. The lowest BCUT2D eigenvalue weighted by Crippen LogP contribution is -2.70. The van der Waals surface area contributed by atoms with Gasteiger partial charge < -0.3 is 57.9 Å². The lowest BCUT2D eigenvalue weighted by molar-refractivity contribution is -0.339. The number of methoxy groups -OCH3 is 3. The molecular weight excluding hydrogens is 863 g/mol. The molecular formula is C50H87N5O12. The molecule has 0 aromatic heterocycles. The Morgan fingerprint density at radius 3 is 2.18 bits per heavy atom. The fraction of sp³-hybridized carbons (Fsp3) is 0.860. The number of carbonyl (C=O) groups excluding carboxylic acids is 1. The van der Waals surface area contributed by atoms with Crippen molar-refractivity contribution >= 4 is 5.97 Å². The number of hydrogen-bond acceptors (Lipinski definition) is 17. The zero-order valence-electron chi connectivity index (χ0n) is 43.8. The van der Waals surface area contributed by atoms with Crippen molar-refractivity contribution in [1.82, 2.24) is 19.6 Å². The second kappa shape index (κ2) is 22.4.